The summed E-state index contributed by atoms with van der Waals surface area (Å²) in [7, 11) is 0. The second-order valence-electron chi connectivity index (χ2n) is 5.05. The van der Waals surface area contributed by atoms with Crippen LogP contribution in [-0.4, -0.2) is 36.0 Å². The molecule has 3 nitrogen and oxygen atoms in total. The molecule has 1 fully saturated rings. The third kappa shape index (κ3) is 2.92. The predicted molar refractivity (Wildman–Crippen MR) is 68.7 cm³/mol. The maximum atomic E-state index is 13.6. The molecule has 104 valence electrons. The van der Waals surface area contributed by atoms with E-state index in [0.717, 1.165) is 19.2 Å². The largest absolute Gasteiger partial charge is 0.334 e. The standard InChI is InChI=1S/C14H18F2N2O/c1-9-7-17-8-10(2)18(9)13(19)6-11-4-3-5-12(15)14(11)16/h3-5,9-10,17H,6-8H2,1-2H3. The fourth-order valence-corrected chi connectivity index (χ4v) is 2.56. The van der Waals surface area contributed by atoms with Crippen LogP contribution in [0.1, 0.15) is 19.4 Å². The zero-order chi connectivity index (χ0) is 14.0. The van der Waals surface area contributed by atoms with Crippen molar-refractivity contribution in [3.63, 3.8) is 0 Å². The van der Waals surface area contributed by atoms with Crippen LogP contribution in [-0.2, 0) is 11.2 Å². The molecule has 0 saturated carbocycles. The summed E-state index contributed by atoms with van der Waals surface area (Å²) in [4.78, 5) is 14.0. The summed E-state index contributed by atoms with van der Waals surface area (Å²) >= 11 is 0. The highest BCUT2D eigenvalue weighted by atomic mass is 19.2. The fourth-order valence-electron chi connectivity index (χ4n) is 2.56. The molecule has 5 heteroatoms. The lowest BCUT2D eigenvalue weighted by atomic mass is 10.1. The number of piperazine rings is 1. The molecule has 2 unspecified atom stereocenters. The molecule has 1 saturated heterocycles. The smallest absolute Gasteiger partial charge is 0.227 e. The lowest BCUT2D eigenvalue weighted by molar-refractivity contribution is -0.135. The van der Waals surface area contributed by atoms with Gasteiger partial charge in [0.1, 0.15) is 0 Å². The molecule has 0 spiro atoms. The Bertz CT molecular complexity index is 469. The first kappa shape index (κ1) is 13.9. The second-order valence-corrected chi connectivity index (χ2v) is 5.05. The molecule has 0 aromatic heterocycles. The van der Waals surface area contributed by atoms with Gasteiger partial charge >= 0.3 is 0 Å². The summed E-state index contributed by atoms with van der Waals surface area (Å²) in [6.07, 6.45) is -0.0989. The Kier molecular flexibility index (Phi) is 4.14. The maximum Gasteiger partial charge on any atom is 0.227 e. The molecule has 1 aliphatic rings. The molecule has 1 aromatic rings. The molecule has 1 aliphatic heterocycles. The predicted octanol–water partition coefficient (Wildman–Crippen LogP) is 1.72. The van der Waals surface area contributed by atoms with E-state index in [4.69, 9.17) is 0 Å². The fraction of sp³-hybridized carbons (Fsp3) is 0.500. The van der Waals surface area contributed by atoms with Gasteiger partial charge < -0.3 is 10.2 Å². The number of nitrogens with zero attached hydrogens (tertiary/aromatic N) is 1. The summed E-state index contributed by atoms with van der Waals surface area (Å²) in [5.41, 5.74) is 0.114. The number of halogens is 2. The van der Waals surface area contributed by atoms with Gasteiger partial charge in [0.25, 0.3) is 0 Å². The third-order valence-electron chi connectivity index (χ3n) is 3.49. The molecular formula is C14H18F2N2O. The minimum Gasteiger partial charge on any atom is -0.334 e. The van der Waals surface area contributed by atoms with Crippen molar-refractivity contribution in [3.8, 4) is 0 Å². The van der Waals surface area contributed by atoms with Gasteiger partial charge in [-0.3, -0.25) is 4.79 Å². The van der Waals surface area contributed by atoms with Gasteiger partial charge in [-0.25, -0.2) is 8.78 Å². The van der Waals surface area contributed by atoms with Crippen molar-refractivity contribution in [2.24, 2.45) is 0 Å². The molecule has 1 heterocycles. The third-order valence-corrected chi connectivity index (χ3v) is 3.49. The molecule has 1 N–H and O–H groups in total. The summed E-state index contributed by atoms with van der Waals surface area (Å²) in [6.45, 7) is 5.34. The molecule has 1 amide bonds. The quantitative estimate of drug-likeness (QED) is 0.885. The number of benzene rings is 1. The van der Waals surface area contributed by atoms with Gasteiger partial charge in [0.2, 0.25) is 5.91 Å². The van der Waals surface area contributed by atoms with E-state index in [2.05, 4.69) is 5.32 Å². The molecule has 0 aliphatic carbocycles. The van der Waals surface area contributed by atoms with E-state index in [-0.39, 0.29) is 30.0 Å². The van der Waals surface area contributed by atoms with Crippen LogP contribution in [0, 0.1) is 11.6 Å². The lowest BCUT2D eigenvalue weighted by Gasteiger charge is -2.39. The van der Waals surface area contributed by atoms with E-state index in [1.54, 1.807) is 4.90 Å². The van der Waals surface area contributed by atoms with Crippen LogP contribution in [0.3, 0.4) is 0 Å². The lowest BCUT2D eigenvalue weighted by Crippen LogP contribution is -2.57. The Morgan fingerprint density at radius 3 is 2.58 bits per heavy atom. The minimum atomic E-state index is -0.925. The maximum absolute atomic E-state index is 13.6. The van der Waals surface area contributed by atoms with Crippen LogP contribution in [0.5, 0.6) is 0 Å². The minimum absolute atomic E-state index is 0.0628. The van der Waals surface area contributed by atoms with Crippen LogP contribution in [0.25, 0.3) is 0 Å². The van der Waals surface area contributed by atoms with E-state index >= 15 is 0 Å². The topological polar surface area (TPSA) is 32.3 Å². The molecule has 0 bridgehead atoms. The average Bonchev–Trinajstić information content (AvgIpc) is 2.35. The van der Waals surface area contributed by atoms with Crippen molar-refractivity contribution in [2.75, 3.05) is 13.1 Å². The first-order valence-corrected chi connectivity index (χ1v) is 6.45. The number of amides is 1. The second kappa shape index (κ2) is 5.65. The Morgan fingerprint density at radius 2 is 1.95 bits per heavy atom. The summed E-state index contributed by atoms with van der Waals surface area (Å²) in [5.74, 6) is -2.00. The SMILES string of the molecule is CC1CNCC(C)N1C(=O)Cc1cccc(F)c1F. The molecule has 0 radical (unpaired) electrons. The van der Waals surface area contributed by atoms with Gasteiger partial charge in [0.05, 0.1) is 6.42 Å². The first-order valence-electron chi connectivity index (χ1n) is 6.45. The van der Waals surface area contributed by atoms with Gasteiger partial charge in [-0.15, -0.1) is 0 Å². The van der Waals surface area contributed by atoms with E-state index in [9.17, 15) is 13.6 Å². The van der Waals surface area contributed by atoms with Gasteiger partial charge in [-0.05, 0) is 19.9 Å². The van der Waals surface area contributed by atoms with Crippen LogP contribution in [0.2, 0.25) is 0 Å². The monoisotopic (exact) mass is 268 g/mol. The van der Waals surface area contributed by atoms with Crippen molar-refractivity contribution in [2.45, 2.75) is 32.4 Å². The molecule has 19 heavy (non-hydrogen) atoms. The highest BCUT2D eigenvalue weighted by molar-refractivity contribution is 5.79. The highest BCUT2D eigenvalue weighted by Gasteiger charge is 2.29. The molecule has 2 rings (SSSR count). The summed E-state index contributed by atoms with van der Waals surface area (Å²) in [6, 6.07) is 4.06. The Labute approximate surface area is 111 Å². The zero-order valence-electron chi connectivity index (χ0n) is 11.1. The van der Waals surface area contributed by atoms with Gasteiger partial charge in [0.15, 0.2) is 11.6 Å². The van der Waals surface area contributed by atoms with Crippen molar-refractivity contribution in [1.82, 2.24) is 10.2 Å². The van der Waals surface area contributed by atoms with E-state index < -0.39 is 11.6 Å². The van der Waals surface area contributed by atoms with Crippen LogP contribution >= 0.6 is 0 Å². The summed E-state index contributed by atoms with van der Waals surface area (Å²) in [5, 5.41) is 3.23. The molecule has 2 atom stereocenters. The van der Waals surface area contributed by atoms with E-state index in [1.807, 2.05) is 13.8 Å². The average molecular weight is 268 g/mol. The van der Waals surface area contributed by atoms with Gasteiger partial charge in [-0.2, -0.15) is 0 Å². The molecular weight excluding hydrogens is 250 g/mol. The zero-order valence-corrected chi connectivity index (χ0v) is 11.1. The Hall–Kier alpha value is -1.49. The van der Waals surface area contributed by atoms with Crippen LogP contribution in [0.4, 0.5) is 8.78 Å². The van der Waals surface area contributed by atoms with Gasteiger partial charge in [-0.1, -0.05) is 12.1 Å². The number of hydrogen-bond acceptors (Lipinski definition) is 2. The van der Waals surface area contributed by atoms with Crippen molar-refractivity contribution in [3.05, 3.63) is 35.4 Å². The number of carbonyl (C=O) groups excluding carboxylic acids is 1. The highest BCUT2D eigenvalue weighted by Crippen LogP contribution is 2.16. The van der Waals surface area contributed by atoms with Gasteiger partial charge in [0, 0.05) is 30.7 Å². The number of nitrogens with one attached hydrogen (secondary N) is 1. The van der Waals surface area contributed by atoms with Crippen molar-refractivity contribution < 1.29 is 13.6 Å². The number of hydrogen-bond donors (Lipinski definition) is 1. The van der Waals surface area contributed by atoms with Crippen molar-refractivity contribution >= 4 is 5.91 Å². The van der Waals surface area contributed by atoms with Crippen LogP contribution in [0.15, 0.2) is 18.2 Å². The normalized spacial score (nSPS) is 23.5. The van der Waals surface area contributed by atoms with Crippen LogP contribution < -0.4 is 5.32 Å². The van der Waals surface area contributed by atoms with E-state index in [0.29, 0.717) is 0 Å². The molecule has 1 aromatic carbocycles. The summed E-state index contributed by atoms with van der Waals surface area (Å²) < 4.78 is 26.7. The van der Waals surface area contributed by atoms with E-state index in [1.165, 1.54) is 12.1 Å². The Morgan fingerprint density at radius 1 is 1.32 bits per heavy atom. The Balaban J connectivity index is 2.14. The van der Waals surface area contributed by atoms with Crippen molar-refractivity contribution in [1.29, 1.82) is 0 Å². The number of carbonyl (C=O) groups is 1. The first-order chi connectivity index (χ1) is 9.00. The number of rotatable bonds is 2.